The maximum absolute atomic E-state index is 14.9. The third-order valence-electron chi connectivity index (χ3n) is 7.64. The Balaban J connectivity index is 1.42. The number of hydrogen-bond acceptors (Lipinski definition) is 6. The number of amides is 1. The normalized spacial score (nSPS) is 24.8. The second-order valence-electron chi connectivity index (χ2n) is 10.1. The van der Waals surface area contributed by atoms with Crippen LogP contribution >= 0.6 is 0 Å². The van der Waals surface area contributed by atoms with Gasteiger partial charge in [0.15, 0.2) is 5.82 Å². The molecule has 1 aliphatic carbocycles. The Labute approximate surface area is 221 Å². The van der Waals surface area contributed by atoms with Gasteiger partial charge in [0, 0.05) is 50.9 Å². The lowest BCUT2D eigenvalue weighted by atomic mass is 9.87. The molecule has 3 heterocycles. The molecule has 3 atom stereocenters. The topological polar surface area (TPSA) is 86.7 Å². The molecule has 0 saturated carbocycles. The van der Waals surface area contributed by atoms with E-state index in [-0.39, 0.29) is 30.6 Å². The van der Waals surface area contributed by atoms with Crippen LogP contribution in [0.25, 0.3) is 0 Å². The molecule has 2 fully saturated rings. The summed E-state index contributed by atoms with van der Waals surface area (Å²) in [4.78, 5) is 17.6. The lowest BCUT2D eigenvalue weighted by molar-refractivity contribution is -0.135. The van der Waals surface area contributed by atoms with Crippen LogP contribution in [-0.2, 0) is 14.8 Å². The Kier molecular flexibility index (Phi) is 7.58. The van der Waals surface area contributed by atoms with Crippen molar-refractivity contribution in [2.45, 2.75) is 31.2 Å². The molecule has 2 aliphatic heterocycles. The zero-order valence-electron chi connectivity index (χ0n) is 21.2. The summed E-state index contributed by atoms with van der Waals surface area (Å²) in [5, 5.41) is 8.09. The zero-order chi connectivity index (χ0) is 26.9. The average Bonchev–Trinajstić information content (AvgIpc) is 3.20. The van der Waals surface area contributed by atoms with Gasteiger partial charge in [-0.2, -0.15) is 9.40 Å². The van der Waals surface area contributed by atoms with E-state index in [4.69, 9.17) is 0 Å². The minimum Gasteiger partial charge on any atom is -0.354 e. The maximum Gasteiger partial charge on any atom is 0.228 e. The molecular formula is C27H31F2N5O3S. The number of benzene rings is 1. The molecule has 5 rings (SSSR count). The molecule has 0 bridgehead atoms. The highest BCUT2D eigenvalue weighted by molar-refractivity contribution is 7.88. The SMILES string of the molecule is CS(=O)(=O)N1CCN(C(=O)C2CN(c3cccnn3)C[C@H]2c2ccc(F)cc2F)CCC1C1=CCCC=C1. The monoisotopic (exact) mass is 543 g/mol. The van der Waals surface area contributed by atoms with Gasteiger partial charge in [-0.25, -0.2) is 17.2 Å². The number of nitrogens with zero attached hydrogens (tertiary/aromatic N) is 5. The summed E-state index contributed by atoms with van der Waals surface area (Å²) >= 11 is 0. The van der Waals surface area contributed by atoms with Crippen LogP contribution in [0.2, 0.25) is 0 Å². The van der Waals surface area contributed by atoms with Crippen LogP contribution in [0.4, 0.5) is 14.6 Å². The Bertz CT molecular complexity index is 1350. The largest absolute Gasteiger partial charge is 0.354 e. The lowest BCUT2D eigenvalue weighted by Gasteiger charge is -2.29. The fourth-order valence-corrected chi connectivity index (χ4v) is 6.90. The highest BCUT2D eigenvalue weighted by Gasteiger charge is 2.43. The molecule has 38 heavy (non-hydrogen) atoms. The van der Waals surface area contributed by atoms with Gasteiger partial charge in [0.05, 0.1) is 18.2 Å². The van der Waals surface area contributed by atoms with E-state index in [1.54, 1.807) is 23.2 Å². The van der Waals surface area contributed by atoms with Crippen molar-refractivity contribution < 1.29 is 22.0 Å². The molecule has 2 unspecified atom stereocenters. The predicted molar refractivity (Wildman–Crippen MR) is 140 cm³/mol. The Morgan fingerprint density at radius 3 is 2.61 bits per heavy atom. The molecule has 3 aliphatic rings. The van der Waals surface area contributed by atoms with E-state index in [1.165, 1.54) is 22.7 Å². The summed E-state index contributed by atoms with van der Waals surface area (Å²) < 4.78 is 55.5. The van der Waals surface area contributed by atoms with Crippen molar-refractivity contribution in [3.63, 3.8) is 0 Å². The van der Waals surface area contributed by atoms with Gasteiger partial charge in [0.25, 0.3) is 0 Å². The first-order valence-electron chi connectivity index (χ1n) is 12.8. The van der Waals surface area contributed by atoms with Gasteiger partial charge in [-0.3, -0.25) is 4.79 Å². The molecule has 2 saturated heterocycles. The number of sulfonamides is 1. The summed E-state index contributed by atoms with van der Waals surface area (Å²) in [6.07, 6.45) is 11.1. The van der Waals surface area contributed by atoms with Crippen molar-refractivity contribution in [2.75, 3.05) is 43.9 Å². The summed E-state index contributed by atoms with van der Waals surface area (Å²) in [6, 6.07) is 6.63. The number of allylic oxidation sites excluding steroid dienone is 2. The van der Waals surface area contributed by atoms with Gasteiger partial charge in [0.2, 0.25) is 15.9 Å². The molecule has 1 aromatic heterocycles. The number of halogens is 2. The minimum atomic E-state index is -3.51. The van der Waals surface area contributed by atoms with E-state index in [9.17, 15) is 22.0 Å². The smallest absolute Gasteiger partial charge is 0.228 e. The molecule has 202 valence electrons. The number of hydrogen-bond donors (Lipinski definition) is 0. The number of carbonyl (C=O) groups is 1. The van der Waals surface area contributed by atoms with Gasteiger partial charge in [0.1, 0.15) is 11.6 Å². The molecule has 2 aromatic rings. The van der Waals surface area contributed by atoms with E-state index in [1.807, 2.05) is 17.1 Å². The fraction of sp³-hybridized carbons (Fsp3) is 0.444. The van der Waals surface area contributed by atoms with Crippen LogP contribution in [0, 0.1) is 17.6 Å². The van der Waals surface area contributed by atoms with E-state index in [0.29, 0.717) is 31.9 Å². The summed E-state index contributed by atoms with van der Waals surface area (Å²) in [6.45, 7) is 1.40. The summed E-state index contributed by atoms with van der Waals surface area (Å²) in [7, 11) is -3.51. The molecule has 1 amide bonds. The molecule has 0 spiro atoms. The van der Waals surface area contributed by atoms with Crippen molar-refractivity contribution in [1.82, 2.24) is 19.4 Å². The molecule has 1 aromatic carbocycles. The van der Waals surface area contributed by atoms with Crippen LogP contribution in [0.5, 0.6) is 0 Å². The average molecular weight is 544 g/mol. The van der Waals surface area contributed by atoms with Gasteiger partial charge in [-0.15, -0.1) is 5.10 Å². The van der Waals surface area contributed by atoms with Gasteiger partial charge in [-0.1, -0.05) is 24.3 Å². The lowest BCUT2D eigenvalue weighted by Crippen LogP contribution is -2.43. The first kappa shape index (κ1) is 26.4. The summed E-state index contributed by atoms with van der Waals surface area (Å²) in [5.41, 5.74) is 1.23. The van der Waals surface area contributed by atoms with Crippen LogP contribution in [0.1, 0.15) is 30.7 Å². The predicted octanol–water partition coefficient (Wildman–Crippen LogP) is 3.11. The number of rotatable bonds is 5. The molecule has 11 heteroatoms. The quantitative estimate of drug-likeness (QED) is 0.576. The van der Waals surface area contributed by atoms with Crippen molar-refractivity contribution >= 4 is 21.7 Å². The van der Waals surface area contributed by atoms with Crippen molar-refractivity contribution in [1.29, 1.82) is 0 Å². The standard InChI is InChI=1S/C27H31F2N5O3S/c1-38(36,37)34-15-14-32(13-11-25(34)19-6-3-2-4-7-19)27(35)23-18-33(26-8-5-12-30-31-26)17-22(23)21-10-9-20(28)16-24(21)29/h3,5-10,12,16,22-23,25H,2,4,11,13-15,17-18H2,1H3/t22-,23?,25?/m0/s1. The fourth-order valence-electron chi connectivity index (χ4n) is 5.80. The molecule has 0 radical (unpaired) electrons. The number of aromatic nitrogens is 2. The van der Waals surface area contributed by atoms with Gasteiger partial charge in [-0.05, 0) is 48.6 Å². The Morgan fingerprint density at radius 2 is 1.92 bits per heavy atom. The van der Waals surface area contributed by atoms with Crippen molar-refractivity contribution in [3.05, 3.63) is 77.5 Å². The highest BCUT2D eigenvalue weighted by atomic mass is 32.2. The van der Waals surface area contributed by atoms with E-state index in [0.717, 1.165) is 24.5 Å². The second-order valence-corrected chi connectivity index (χ2v) is 12.0. The molecule has 0 N–H and O–H groups in total. The van der Waals surface area contributed by atoms with Crippen LogP contribution in [-0.4, -0.2) is 78.7 Å². The highest BCUT2D eigenvalue weighted by Crippen LogP contribution is 2.37. The molecular weight excluding hydrogens is 512 g/mol. The van der Waals surface area contributed by atoms with E-state index >= 15 is 0 Å². The van der Waals surface area contributed by atoms with Crippen LogP contribution in [0.15, 0.2) is 60.3 Å². The third kappa shape index (κ3) is 5.49. The molecule has 8 nitrogen and oxygen atoms in total. The first-order valence-corrected chi connectivity index (χ1v) is 14.7. The third-order valence-corrected chi connectivity index (χ3v) is 8.93. The van der Waals surface area contributed by atoms with Gasteiger partial charge < -0.3 is 9.80 Å². The van der Waals surface area contributed by atoms with Crippen molar-refractivity contribution in [3.8, 4) is 0 Å². The van der Waals surface area contributed by atoms with Gasteiger partial charge >= 0.3 is 0 Å². The Hall–Kier alpha value is -3.18. The summed E-state index contributed by atoms with van der Waals surface area (Å²) in [5.74, 6) is -2.11. The zero-order valence-corrected chi connectivity index (χ0v) is 22.0. The van der Waals surface area contributed by atoms with Crippen LogP contribution in [0.3, 0.4) is 0 Å². The van der Waals surface area contributed by atoms with Crippen LogP contribution < -0.4 is 4.90 Å². The maximum atomic E-state index is 14.9. The second kappa shape index (κ2) is 10.9. The van der Waals surface area contributed by atoms with Crippen molar-refractivity contribution in [2.24, 2.45) is 5.92 Å². The first-order chi connectivity index (χ1) is 18.2. The number of carbonyl (C=O) groups excluding carboxylic acids is 1. The van der Waals surface area contributed by atoms with E-state index < -0.39 is 33.5 Å². The minimum absolute atomic E-state index is 0.174. The number of anilines is 1. The Morgan fingerprint density at radius 1 is 1.08 bits per heavy atom. The van der Waals surface area contributed by atoms with E-state index in [2.05, 4.69) is 16.3 Å².